The molecule has 0 aliphatic heterocycles. The van der Waals surface area contributed by atoms with E-state index in [1.807, 2.05) is 7.05 Å². The van der Waals surface area contributed by atoms with Gasteiger partial charge in [-0.25, -0.2) is 22.9 Å². The lowest BCUT2D eigenvalue weighted by molar-refractivity contribution is -0.114. The van der Waals surface area contributed by atoms with Crippen molar-refractivity contribution in [3.63, 3.8) is 0 Å². The Hall–Kier alpha value is -3.54. The first-order chi connectivity index (χ1) is 16.2. The summed E-state index contributed by atoms with van der Waals surface area (Å²) in [4.78, 5) is 19.8. The maximum atomic E-state index is 12.9. The third kappa shape index (κ3) is 5.33. The van der Waals surface area contributed by atoms with Gasteiger partial charge in [-0.2, -0.15) is 5.10 Å². The van der Waals surface area contributed by atoms with Crippen molar-refractivity contribution in [2.75, 3.05) is 23.6 Å². The Kier molecular flexibility index (Phi) is 6.77. The Morgan fingerprint density at radius 1 is 1.15 bits per heavy atom. The molecule has 1 amide bonds. The molecule has 0 atom stereocenters. The van der Waals surface area contributed by atoms with Crippen LogP contribution in [0.5, 0.6) is 0 Å². The number of benzene rings is 1. The Morgan fingerprint density at radius 3 is 2.62 bits per heavy atom. The average Bonchev–Trinajstić information content (AvgIpc) is 3.20. The molecule has 4 rings (SSSR count). The molecule has 0 aliphatic rings. The van der Waals surface area contributed by atoms with Crippen LogP contribution in [0.4, 0.5) is 11.5 Å². The van der Waals surface area contributed by atoms with E-state index in [0.29, 0.717) is 22.7 Å². The van der Waals surface area contributed by atoms with Crippen LogP contribution in [0.15, 0.2) is 59.8 Å². The number of imidazole rings is 1. The van der Waals surface area contributed by atoms with Gasteiger partial charge in [-0.05, 0) is 55.9 Å². The highest BCUT2D eigenvalue weighted by molar-refractivity contribution is 7.92. The van der Waals surface area contributed by atoms with Crippen LogP contribution in [0.1, 0.15) is 12.5 Å². The molecule has 0 unspecified atom stereocenters. The van der Waals surface area contributed by atoms with Crippen LogP contribution in [0.25, 0.3) is 16.9 Å². The zero-order valence-corrected chi connectivity index (χ0v) is 20.0. The van der Waals surface area contributed by atoms with Crippen molar-refractivity contribution < 1.29 is 13.2 Å². The molecule has 0 aliphatic carbocycles. The number of hydrogen-bond acceptors (Lipinski definition) is 7. The van der Waals surface area contributed by atoms with Gasteiger partial charge >= 0.3 is 0 Å². The molecule has 0 fully saturated rings. The zero-order chi connectivity index (χ0) is 24.3. The minimum absolute atomic E-state index is 0.00891. The smallest absolute Gasteiger partial charge is 0.261 e. The van der Waals surface area contributed by atoms with Crippen LogP contribution in [-0.2, 0) is 21.2 Å². The molecule has 0 bridgehead atoms. The molecule has 3 N–H and O–H groups in total. The van der Waals surface area contributed by atoms with E-state index in [0.717, 1.165) is 18.5 Å². The average molecular weight is 500 g/mol. The summed E-state index contributed by atoms with van der Waals surface area (Å²) < 4.78 is 29.9. The van der Waals surface area contributed by atoms with Gasteiger partial charge in [0.1, 0.15) is 0 Å². The molecule has 0 saturated heterocycles. The lowest BCUT2D eigenvalue weighted by Gasteiger charge is -2.11. The number of pyridine rings is 1. The van der Waals surface area contributed by atoms with Crippen LogP contribution in [0.3, 0.4) is 0 Å². The van der Waals surface area contributed by atoms with E-state index in [4.69, 9.17) is 11.6 Å². The molecule has 3 heterocycles. The SMILES string of the molecule is CNCCc1ccc(S(=O)(=O)Nc2cc(-c3ccc4nc(NC(C)=O)cn4n3)cnc2Cl)cc1. The van der Waals surface area contributed by atoms with Crippen LogP contribution in [0.2, 0.25) is 5.15 Å². The number of aromatic nitrogens is 4. The van der Waals surface area contributed by atoms with Gasteiger partial charge < -0.3 is 10.6 Å². The summed E-state index contributed by atoms with van der Waals surface area (Å²) in [7, 11) is -2.02. The normalized spacial score (nSPS) is 11.5. The summed E-state index contributed by atoms with van der Waals surface area (Å²) in [5, 5.41) is 10.1. The third-order valence-corrected chi connectivity index (χ3v) is 6.58. The van der Waals surface area contributed by atoms with Crippen LogP contribution in [0, 0.1) is 0 Å². The van der Waals surface area contributed by atoms with Gasteiger partial charge in [0.15, 0.2) is 16.6 Å². The van der Waals surface area contributed by atoms with Crippen molar-refractivity contribution in [2.45, 2.75) is 18.2 Å². The van der Waals surface area contributed by atoms with E-state index in [1.165, 1.54) is 17.6 Å². The molecule has 12 heteroatoms. The lowest BCUT2D eigenvalue weighted by atomic mass is 10.1. The maximum absolute atomic E-state index is 12.9. The number of hydrogen-bond donors (Lipinski definition) is 3. The Bertz CT molecular complexity index is 1450. The Labute approximate surface area is 201 Å². The van der Waals surface area contributed by atoms with Gasteiger partial charge in [-0.1, -0.05) is 23.7 Å². The van der Waals surface area contributed by atoms with E-state index in [1.54, 1.807) is 48.7 Å². The van der Waals surface area contributed by atoms with Gasteiger partial charge in [-0.3, -0.25) is 9.52 Å². The van der Waals surface area contributed by atoms with Gasteiger partial charge in [0, 0.05) is 18.7 Å². The van der Waals surface area contributed by atoms with Crippen molar-refractivity contribution in [3.8, 4) is 11.3 Å². The molecule has 0 radical (unpaired) electrons. The summed E-state index contributed by atoms with van der Waals surface area (Å²) in [6.45, 7) is 2.19. The third-order valence-electron chi connectivity index (χ3n) is 4.90. The largest absolute Gasteiger partial charge is 0.319 e. The fraction of sp³-hybridized carbons (Fsp3) is 0.182. The van der Waals surface area contributed by atoms with E-state index < -0.39 is 10.0 Å². The van der Waals surface area contributed by atoms with Crippen molar-refractivity contribution in [1.29, 1.82) is 0 Å². The first-order valence-electron chi connectivity index (χ1n) is 10.3. The number of halogens is 1. The Morgan fingerprint density at radius 2 is 1.91 bits per heavy atom. The van der Waals surface area contributed by atoms with Crippen LogP contribution in [-0.4, -0.2) is 47.5 Å². The van der Waals surface area contributed by atoms with E-state index in [2.05, 4.69) is 30.4 Å². The summed E-state index contributed by atoms with van der Waals surface area (Å²) in [5.41, 5.74) is 2.75. The highest BCUT2D eigenvalue weighted by Gasteiger charge is 2.17. The van der Waals surface area contributed by atoms with E-state index in [-0.39, 0.29) is 21.6 Å². The second-order valence-corrected chi connectivity index (χ2v) is 9.53. The van der Waals surface area contributed by atoms with E-state index in [9.17, 15) is 13.2 Å². The Balaban J connectivity index is 1.60. The number of sulfonamides is 1. The first-order valence-corrected chi connectivity index (χ1v) is 12.2. The van der Waals surface area contributed by atoms with Crippen molar-refractivity contribution >= 4 is 44.7 Å². The van der Waals surface area contributed by atoms with Gasteiger partial charge in [0.2, 0.25) is 5.91 Å². The molecule has 10 nitrogen and oxygen atoms in total. The lowest BCUT2D eigenvalue weighted by Crippen LogP contribution is -2.14. The number of nitrogens with one attached hydrogen (secondary N) is 3. The number of carbonyl (C=O) groups excluding carboxylic acids is 1. The molecular formula is C22H22ClN7O3S. The summed E-state index contributed by atoms with van der Waals surface area (Å²) in [5.74, 6) is 0.131. The monoisotopic (exact) mass is 499 g/mol. The van der Waals surface area contributed by atoms with Gasteiger partial charge in [0.25, 0.3) is 10.0 Å². The molecule has 4 aromatic rings. The van der Waals surface area contributed by atoms with Crippen molar-refractivity contribution in [1.82, 2.24) is 24.9 Å². The zero-order valence-electron chi connectivity index (χ0n) is 18.4. The number of rotatable bonds is 8. The number of carbonyl (C=O) groups is 1. The van der Waals surface area contributed by atoms with E-state index >= 15 is 0 Å². The fourth-order valence-corrected chi connectivity index (χ4v) is 4.51. The van der Waals surface area contributed by atoms with Crippen LogP contribution >= 0.6 is 11.6 Å². The fourth-order valence-electron chi connectivity index (χ4n) is 3.24. The van der Waals surface area contributed by atoms with Gasteiger partial charge in [-0.15, -0.1) is 0 Å². The number of amides is 1. The number of likely N-dealkylation sites (N-methyl/N-ethyl adjacent to an activating group) is 1. The highest BCUT2D eigenvalue weighted by Crippen LogP contribution is 2.28. The molecule has 0 saturated carbocycles. The van der Waals surface area contributed by atoms with Crippen molar-refractivity contribution in [2.24, 2.45) is 0 Å². The van der Waals surface area contributed by atoms with Gasteiger partial charge in [0.05, 0.1) is 22.5 Å². The minimum Gasteiger partial charge on any atom is -0.319 e. The second kappa shape index (κ2) is 9.75. The summed E-state index contributed by atoms with van der Waals surface area (Å²) in [6, 6.07) is 11.7. The van der Waals surface area contributed by atoms with Crippen molar-refractivity contribution in [3.05, 3.63) is 65.6 Å². The highest BCUT2D eigenvalue weighted by atomic mass is 35.5. The summed E-state index contributed by atoms with van der Waals surface area (Å²) in [6.07, 6.45) is 3.87. The standard InChI is InChI=1S/C22H22ClN7O3S/c1-14(31)26-20-13-30-21(27-20)8-7-18(28-30)16-11-19(22(23)25-12-16)29-34(32,33)17-5-3-15(4-6-17)9-10-24-2/h3-8,11-13,24,29H,9-10H2,1-2H3,(H,26,31). The predicted octanol–water partition coefficient (Wildman–Crippen LogP) is 2.97. The quantitative estimate of drug-likeness (QED) is 0.318. The molecule has 1 aromatic carbocycles. The number of anilines is 2. The molecule has 3 aromatic heterocycles. The second-order valence-electron chi connectivity index (χ2n) is 7.49. The van der Waals surface area contributed by atoms with Crippen LogP contribution < -0.4 is 15.4 Å². The molecular weight excluding hydrogens is 478 g/mol. The topological polar surface area (TPSA) is 130 Å². The number of nitrogens with zero attached hydrogens (tertiary/aromatic N) is 4. The molecule has 0 spiro atoms. The first kappa shape index (κ1) is 23.6. The minimum atomic E-state index is -3.88. The predicted molar refractivity (Wildman–Crippen MR) is 130 cm³/mol. The number of fused-ring (bicyclic) bond motifs is 1. The summed E-state index contributed by atoms with van der Waals surface area (Å²) >= 11 is 6.19. The maximum Gasteiger partial charge on any atom is 0.261 e. The molecule has 34 heavy (non-hydrogen) atoms. The molecule has 176 valence electrons.